The minimum absolute atomic E-state index is 0.0884. The first-order chi connectivity index (χ1) is 11.8. The number of carbonyl (C=O) groups excluding carboxylic acids is 1. The summed E-state index contributed by atoms with van der Waals surface area (Å²) in [4.78, 5) is 16.0. The summed E-state index contributed by atoms with van der Waals surface area (Å²) in [6.07, 6.45) is 4.56. The molecule has 0 saturated carbocycles. The van der Waals surface area contributed by atoms with Crippen LogP contribution in [0.5, 0.6) is 0 Å². The lowest BCUT2D eigenvalue weighted by atomic mass is 10.1. The summed E-state index contributed by atoms with van der Waals surface area (Å²) in [6.45, 7) is 4.39. The van der Waals surface area contributed by atoms with Crippen LogP contribution >= 0.6 is 0 Å². The van der Waals surface area contributed by atoms with E-state index in [1.165, 1.54) is 4.31 Å². The van der Waals surface area contributed by atoms with Crippen molar-refractivity contribution in [3.05, 3.63) is 59.4 Å². The number of anilines is 1. The number of amides is 1. The fourth-order valence-electron chi connectivity index (χ4n) is 2.36. The number of aromatic nitrogens is 1. The molecular formula is C18H23N3O3S. The molecule has 0 aliphatic rings. The summed E-state index contributed by atoms with van der Waals surface area (Å²) in [5, 5.41) is 2.79. The van der Waals surface area contributed by atoms with Crippen LogP contribution in [0.4, 0.5) is 5.69 Å². The largest absolute Gasteiger partial charge is 0.352 e. The zero-order chi connectivity index (χ0) is 18.4. The van der Waals surface area contributed by atoms with Gasteiger partial charge in [-0.3, -0.25) is 14.1 Å². The van der Waals surface area contributed by atoms with Crippen molar-refractivity contribution in [1.29, 1.82) is 0 Å². The minimum Gasteiger partial charge on any atom is -0.352 e. The monoisotopic (exact) mass is 361 g/mol. The third kappa shape index (κ3) is 5.56. The van der Waals surface area contributed by atoms with E-state index in [-0.39, 0.29) is 18.9 Å². The van der Waals surface area contributed by atoms with Gasteiger partial charge in [0.05, 0.1) is 11.9 Å². The highest BCUT2D eigenvalue weighted by Crippen LogP contribution is 2.21. The van der Waals surface area contributed by atoms with Gasteiger partial charge in [0.1, 0.15) is 0 Å². The number of benzene rings is 1. The maximum absolute atomic E-state index is 12.1. The van der Waals surface area contributed by atoms with Crippen molar-refractivity contribution in [3.63, 3.8) is 0 Å². The summed E-state index contributed by atoms with van der Waals surface area (Å²) in [6, 6.07) is 9.10. The number of rotatable bonds is 7. The molecule has 7 heteroatoms. The molecule has 0 aliphatic carbocycles. The minimum atomic E-state index is -3.47. The number of carbonyl (C=O) groups is 1. The van der Waals surface area contributed by atoms with Gasteiger partial charge < -0.3 is 5.32 Å². The van der Waals surface area contributed by atoms with Gasteiger partial charge >= 0.3 is 0 Å². The average Bonchev–Trinajstić information content (AvgIpc) is 2.56. The number of hydrogen-bond donors (Lipinski definition) is 1. The molecule has 0 saturated heterocycles. The van der Waals surface area contributed by atoms with Gasteiger partial charge in [-0.2, -0.15) is 0 Å². The molecular weight excluding hydrogens is 338 g/mol. The van der Waals surface area contributed by atoms with Gasteiger partial charge in [-0.15, -0.1) is 0 Å². The van der Waals surface area contributed by atoms with Crippen molar-refractivity contribution in [2.45, 2.75) is 26.8 Å². The molecule has 1 N–H and O–H groups in total. The van der Waals surface area contributed by atoms with E-state index in [0.29, 0.717) is 12.2 Å². The van der Waals surface area contributed by atoms with E-state index in [1.807, 2.05) is 38.1 Å². The predicted octanol–water partition coefficient (Wildman–Crippen LogP) is 2.17. The molecule has 1 aromatic carbocycles. The number of hydrogen-bond acceptors (Lipinski definition) is 4. The van der Waals surface area contributed by atoms with Gasteiger partial charge in [-0.25, -0.2) is 8.42 Å². The molecule has 25 heavy (non-hydrogen) atoms. The van der Waals surface area contributed by atoms with Crippen molar-refractivity contribution in [2.24, 2.45) is 0 Å². The highest BCUT2D eigenvalue weighted by molar-refractivity contribution is 7.92. The molecule has 0 atom stereocenters. The van der Waals surface area contributed by atoms with Gasteiger partial charge in [0.2, 0.25) is 15.9 Å². The van der Waals surface area contributed by atoms with Crippen LogP contribution in [0.15, 0.2) is 42.7 Å². The first-order valence-corrected chi connectivity index (χ1v) is 9.83. The van der Waals surface area contributed by atoms with E-state index in [4.69, 9.17) is 0 Å². The van der Waals surface area contributed by atoms with Crippen molar-refractivity contribution in [1.82, 2.24) is 10.3 Å². The summed E-state index contributed by atoms with van der Waals surface area (Å²) >= 11 is 0. The maximum atomic E-state index is 12.1. The molecule has 1 amide bonds. The molecule has 0 fully saturated rings. The molecule has 1 aromatic heterocycles. The third-order valence-corrected chi connectivity index (χ3v) is 5.15. The van der Waals surface area contributed by atoms with Crippen LogP contribution in [-0.4, -0.2) is 32.1 Å². The Kier molecular flexibility index (Phi) is 6.14. The molecule has 0 unspecified atom stereocenters. The lowest BCUT2D eigenvalue weighted by Gasteiger charge is -2.23. The van der Waals surface area contributed by atoms with Gasteiger partial charge in [-0.1, -0.05) is 6.07 Å². The number of nitrogens with one attached hydrogen (secondary N) is 1. The van der Waals surface area contributed by atoms with Gasteiger partial charge in [0.25, 0.3) is 0 Å². The Bertz CT molecular complexity index is 836. The van der Waals surface area contributed by atoms with Crippen LogP contribution in [0.25, 0.3) is 0 Å². The highest BCUT2D eigenvalue weighted by Gasteiger charge is 2.19. The van der Waals surface area contributed by atoms with Crippen LogP contribution in [0.1, 0.15) is 23.1 Å². The van der Waals surface area contributed by atoms with Crippen LogP contribution < -0.4 is 9.62 Å². The zero-order valence-electron chi connectivity index (χ0n) is 14.7. The number of nitrogens with zero attached hydrogens (tertiary/aromatic N) is 2. The number of pyridine rings is 1. The van der Waals surface area contributed by atoms with Gasteiger partial charge in [0.15, 0.2) is 0 Å². The van der Waals surface area contributed by atoms with Crippen LogP contribution in [0, 0.1) is 13.8 Å². The van der Waals surface area contributed by atoms with Crippen LogP contribution in [0.3, 0.4) is 0 Å². The van der Waals surface area contributed by atoms with E-state index < -0.39 is 10.0 Å². The molecule has 6 nitrogen and oxygen atoms in total. The predicted molar refractivity (Wildman–Crippen MR) is 98.8 cm³/mol. The van der Waals surface area contributed by atoms with Crippen molar-refractivity contribution < 1.29 is 13.2 Å². The lowest BCUT2D eigenvalue weighted by molar-refractivity contribution is -0.121. The number of sulfonamides is 1. The molecule has 2 aromatic rings. The third-order valence-electron chi connectivity index (χ3n) is 3.96. The summed E-state index contributed by atoms with van der Waals surface area (Å²) < 4.78 is 25.5. The topological polar surface area (TPSA) is 79.4 Å². The van der Waals surface area contributed by atoms with E-state index in [1.54, 1.807) is 18.5 Å². The van der Waals surface area contributed by atoms with E-state index in [2.05, 4.69) is 10.3 Å². The Morgan fingerprint density at radius 3 is 2.40 bits per heavy atom. The second kappa shape index (κ2) is 8.11. The van der Waals surface area contributed by atoms with Gasteiger partial charge in [0, 0.05) is 31.9 Å². The number of aryl methyl sites for hydroxylation is 2. The first-order valence-electron chi connectivity index (χ1n) is 7.98. The van der Waals surface area contributed by atoms with E-state index in [0.717, 1.165) is 22.9 Å². The zero-order valence-corrected chi connectivity index (χ0v) is 15.5. The Morgan fingerprint density at radius 1 is 1.12 bits per heavy atom. The van der Waals surface area contributed by atoms with Crippen LogP contribution in [0.2, 0.25) is 0 Å². The average molecular weight is 361 g/mol. The first kappa shape index (κ1) is 18.9. The standard InChI is InChI=1S/C18H23N3O3S/c1-14-4-5-17(12-15(14)2)21(25(3,23)24)11-8-18(22)20-13-16-6-9-19-10-7-16/h4-7,9-10,12H,8,11,13H2,1-3H3,(H,20,22). The second-order valence-electron chi connectivity index (χ2n) is 5.99. The molecule has 0 spiro atoms. The fraction of sp³-hybridized carbons (Fsp3) is 0.333. The summed E-state index contributed by atoms with van der Waals surface area (Å²) in [5.74, 6) is -0.200. The fourth-order valence-corrected chi connectivity index (χ4v) is 3.28. The molecule has 134 valence electrons. The van der Waals surface area contributed by atoms with Crippen LogP contribution in [-0.2, 0) is 21.4 Å². The molecule has 2 rings (SSSR count). The Hall–Kier alpha value is -2.41. The Balaban J connectivity index is 2.00. The normalized spacial score (nSPS) is 11.2. The van der Waals surface area contributed by atoms with Crippen molar-refractivity contribution in [2.75, 3.05) is 17.1 Å². The quantitative estimate of drug-likeness (QED) is 0.820. The molecule has 0 aliphatic heterocycles. The Labute approximate surface area is 148 Å². The van der Waals surface area contributed by atoms with Crippen molar-refractivity contribution in [3.8, 4) is 0 Å². The SMILES string of the molecule is Cc1ccc(N(CCC(=O)NCc2ccncc2)S(C)(=O)=O)cc1C. The summed E-state index contributed by atoms with van der Waals surface area (Å²) in [5.41, 5.74) is 3.62. The lowest BCUT2D eigenvalue weighted by Crippen LogP contribution is -2.34. The Morgan fingerprint density at radius 2 is 1.80 bits per heavy atom. The molecule has 0 bridgehead atoms. The highest BCUT2D eigenvalue weighted by atomic mass is 32.2. The van der Waals surface area contributed by atoms with Crippen molar-refractivity contribution >= 4 is 21.6 Å². The smallest absolute Gasteiger partial charge is 0.232 e. The summed E-state index contributed by atoms with van der Waals surface area (Å²) in [7, 11) is -3.47. The van der Waals surface area contributed by atoms with E-state index >= 15 is 0 Å². The van der Waals surface area contributed by atoms with Gasteiger partial charge in [-0.05, 0) is 54.8 Å². The van der Waals surface area contributed by atoms with E-state index in [9.17, 15) is 13.2 Å². The molecule has 0 radical (unpaired) electrons. The second-order valence-corrected chi connectivity index (χ2v) is 7.89. The molecule has 1 heterocycles. The maximum Gasteiger partial charge on any atom is 0.232 e.